The summed E-state index contributed by atoms with van der Waals surface area (Å²) < 4.78 is 14.7. The van der Waals surface area contributed by atoms with Crippen LogP contribution < -0.4 is 9.47 Å². The minimum atomic E-state index is -0.843. The lowest BCUT2D eigenvalue weighted by Crippen LogP contribution is -2.08. The average molecular weight is 245 g/mol. The zero-order valence-corrected chi connectivity index (χ0v) is 10.1. The summed E-state index contributed by atoms with van der Waals surface area (Å²) in [7, 11) is 4.34. The highest BCUT2D eigenvalue weighted by Crippen LogP contribution is 2.32. The molecule has 1 aromatic rings. The van der Waals surface area contributed by atoms with Crippen LogP contribution in [-0.2, 0) is 9.53 Å². The van der Waals surface area contributed by atoms with Gasteiger partial charge in [0.15, 0.2) is 16.9 Å². The molecule has 1 atom stereocenters. The van der Waals surface area contributed by atoms with Crippen molar-refractivity contribution >= 4 is 17.6 Å². The van der Waals surface area contributed by atoms with E-state index in [1.165, 1.54) is 21.3 Å². The average Bonchev–Trinajstić information content (AvgIpc) is 2.35. The fourth-order valence-electron chi connectivity index (χ4n) is 1.25. The number of alkyl halides is 1. The van der Waals surface area contributed by atoms with Crippen molar-refractivity contribution < 1.29 is 19.0 Å². The minimum Gasteiger partial charge on any atom is -0.493 e. The molecule has 4 nitrogen and oxygen atoms in total. The summed E-state index contributed by atoms with van der Waals surface area (Å²) in [6, 6.07) is 5.02. The van der Waals surface area contributed by atoms with Gasteiger partial charge < -0.3 is 14.2 Å². The summed E-state index contributed by atoms with van der Waals surface area (Å²) >= 11 is 5.91. The van der Waals surface area contributed by atoms with Crippen LogP contribution in [-0.4, -0.2) is 27.3 Å². The quantitative estimate of drug-likeness (QED) is 0.601. The first kappa shape index (κ1) is 12.6. The van der Waals surface area contributed by atoms with Crippen LogP contribution in [0.2, 0.25) is 0 Å². The number of carbonyl (C=O) groups excluding carboxylic acids is 1. The topological polar surface area (TPSA) is 44.8 Å². The summed E-state index contributed by atoms with van der Waals surface area (Å²) in [5.41, 5.74) is 0.603. The molecule has 0 heterocycles. The SMILES string of the molecule is COC(=O)[C@H](Cl)c1ccc(OC)c(OC)c1. The standard InChI is InChI=1S/C11H13ClO4/c1-14-8-5-4-7(6-9(8)15-2)10(12)11(13)16-3/h4-6,10H,1-3H3/t10-/m1/s1. The second-order valence-electron chi connectivity index (χ2n) is 3.00. The van der Waals surface area contributed by atoms with Crippen molar-refractivity contribution in [2.75, 3.05) is 21.3 Å². The molecule has 0 aliphatic heterocycles. The van der Waals surface area contributed by atoms with Crippen molar-refractivity contribution in [2.45, 2.75) is 5.38 Å². The van der Waals surface area contributed by atoms with E-state index in [9.17, 15) is 4.79 Å². The highest BCUT2D eigenvalue weighted by atomic mass is 35.5. The Kier molecular flexibility index (Phi) is 4.43. The Morgan fingerprint density at radius 3 is 2.31 bits per heavy atom. The van der Waals surface area contributed by atoms with Crippen LogP contribution in [0.3, 0.4) is 0 Å². The van der Waals surface area contributed by atoms with Crippen molar-refractivity contribution in [1.82, 2.24) is 0 Å². The zero-order valence-electron chi connectivity index (χ0n) is 9.32. The highest BCUT2D eigenvalue weighted by molar-refractivity contribution is 6.29. The van der Waals surface area contributed by atoms with E-state index in [1.807, 2.05) is 0 Å². The smallest absolute Gasteiger partial charge is 0.328 e. The molecule has 0 fully saturated rings. The van der Waals surface area contributed by atoms with Crippen molar-refractivity contribution in [3.05, 3.63) is 23.8 Å². The Hall–Kier alpha value is -1.42. The van der Waals surface area contributed by atoms with Gasteiger partial charge >= 0.3 is 5.97 Å². The van der Waals surface area contributed by atoms with E-state index in [-0.39, 0.29) is 0 Å². The molecule has 0 spiro atoms. The van der Waals surface area contributed by atoms with Crippen molar-refractivity contribution in [3.63, 3.8) is 0 Å². The van der Waals surface area contributed by atoms with Crippen LogP contribution in [0.25, 0.3) is 0 Å². The van der Waals surface area contributed by atoms with Gasteiger partial charge in [0.25, 0.3) is 0 Å². The van der Waals surface area contributed by atoms with Crippen molar-refractivity contribution in [2.24, 2.45) is 0 Å². The summed E-state index contributed by atoms with van der Waals surface area (Å²) in [5.74, 6) is 0.600. The van der Waals surface area contributed by atoms with Gasteiger partial charge in [-0.3, -0.25) is 4.79 Å². The lowest BCUT2D eigenvalue weighted by atomic mass is 10.1. The van der Waals surface area contributed by atoms with Crippen molar-refractivity contribution in [1.29, 1.82) is 0 Å². The van der Waals surface area contributed by atoms with Gasteiger partial charge in [-0.1, -0.05) is 6.07 Å². The second kappa shape index (κ2) is 5.61. The minimum absolute atomic E-state index is 0.506. The van der Waals surface area contributed by atoms with Crippen LogP contribution in [0.5, 0.6) is 11.5 Å². The Bertz CT molecular complexity index is 378. The number of benzene rings is 1. The first-order valence-electron chi connectivity index (χ1n) is 4.57. The molecule has 0 aliphatic rings. The Morgan fingerprint density at radius 1 is 1.19 bits per heavy atom. The van der Waals surface area contributed by atoms with E-state index >= 15 is 0 Å². The number of hydrogen-bond acceptors (Lipinski definition) is 4. The van der Waals surface area contributed by atoms with Crippen LogP contribution >= 0.6 is 11.6 Å². The van der Waals surface area contributed by atoms with E-state index in [0.29, 0.717) is 17.1 Å². The summed E-state index contributed by atoms with van der Waals surface area (Å²) in [5, 5.41) is -0.843. The van der Waals surface area contributed by atoms with Gasteiger partial charge in [0.1, 0.15) is 0 Å². The van der Waals surface area contributed by atoms with E-state index in [2.05, 4.69) is 4.74 Å². The Balaban J connectivity index is 3.03. The molecule has 1 rings (SSSR count). The molecule has 0 bridgehead atoms. The van der Waals surface area contributed by atoms with Gasteiger partial charge in [0.05, 0.1) is 21.3 Å². The summed E-state index contributed by atoms with van der Waals surface area (Å²) in [4.78, 5) is 11.2. The van der Waals surface area contributed by atoms with Crippen LogP contribution in [0.15, 0.2) is 18.2 Å². The van der Waals surface area contributed by atoms with Gasteiger partial charge in [0.2, 0.25) is 0 Å². The first-order chi connectivity index (χ1) is 7.63. The van der Waals surface area contributed by atoms with E-state index < -0.39 is 11.3 Å². The predicted molar refractivity (Wildman–Crippen MR) is 60.2 cm³/mol. The maximum atomic E-state index is 11.2. The molecule has 0 radical (unpaired) electrons. The Morgan fingerprint density at radius 2 is 1.81 bits per heavy atom. The number of rotatable bonds is 4. The molecule has 88 valence electrons. The molecular formula is C11H13ClO4. The fraction of sp³-hybridized carbons (Fsp3) is 0.364. The molecule has 0 saturated carbocycles. The number of carbonyl (C=O) groups is 1. The molecule has 0 N–H and O–H groups in total. The number of ether oxygens (including phenoxy) is 3. The highest BCUT2D eigenvalue weighted by Gasteiger charge is 2.19. The second-order valence-corrected chi connectivity index (χ2v) is 3.44. The van der Waals surface area contributed by atoms with Crippen LogP contribution in [0.4, 0.5) is 0 Å². The molecule has 1 aromatic carbocycles. The zero-order chi connectivity index (χ0) is 12.1. The predicted octanol–water partition coefficient (Wildman–Crippen LogP) is 2.16. The molecule has 0 saturated heterocycles. The fourth-order valence-corrected chi connectivity index (χ4v) is 1.47. The van der Waals surface area contributed by atoms with E-state index in [1.54, 1.807) is 18.2 Å². The summed E-state index contributed by atoms with van der Waals surface area (Å²) in [6.45, 7) is 0. The summed E-state index contributed by atoms with van der Waals surface area (Å²) in [6.07, 6.45) is 0. The molecular weight excluding hydrogens is 232 g/mol. The van der Waals surface area contributed by atoms with Gasteiger partial charge in [-0.2, -0.15) is 0 Å². The van der Waals surface area contributed by atoms with E-state index in [4.69, 9.17) is 21.1 Å². The first-order valence-corrected chi connectivity index (χ1v) is 5.01. The maximum absolute atomic E-state index is 11.2. The third kappa shape index (κ3) is 2.58. The number of esters is 1. The van der Waals surface area contributed by atoms with Crippen molar-refractivity contribution in [3.8, 4) is 11.5 Å². The number of hydrogen-bond donors (Lipinski definition) is 0. The monoisotopic (exact) mass is 244 g/mol. The number of methoxy groups -OCH3 is 3. The third-order valence-electron chi connectivity index (χ3n) is 2.11. The lowest BCUT2D eigenvalue weighted by molar-refractivity contribution is -0.140. The van der Waals surface area contributed by atoms with Gasteiger partial charge in [-0.05, 0) is 17.7 Å². The maximum Gasteiger partial charge on any atom is 0.328 e. The molecule has 0 amide bonds. The number of halogens is 1. The lowest BCUT2D eigenvalue weighted by Gasteiger charge is -2.11. The molecule has 5 heteroatoms. The van der Waals surface area contributed by atoms with Gasteiger partial charge in [-0.15, -0.1) is 11.6 Å². The molecule has 0 aliphatic carbocycles. The van der Waals surface area contributed by atoms with Gasteiger partial charge in [-0.25, -0.2) is 0 Å². The third-order valence-corrected chi connectivity index (χ3v) is 2.54. The van der Waals surface area contributed by atoms with Crippen LogP contribution in [0, 0.1) is 0 Å². The van der Waals surface area contributed by atoms with E-state index in [0.717, 1.165) is 0 Å². The normalized spacial score (nSPS) is 11.8. The van der Waals surface area contributed by atoms with Crippen LogP contribution in [0.1, 0.15) is 10.9 Å². The Labute approximate surface area is 99.1 Å². The largest absolute Gasteiger partial charge is 0.493 e. The molecule has 0 aromatic heterocycles. The molecule has 16 heavy (non-hydrogen) atoms. The molecule has 0 unspecified atom stereocenters. The van der Waals surface area contributed by atoms with Gasteiger partial charge in [0, 0.05) is 0 Å².